The zero-order chi connectivity index (χ0) is 21.1. The lowest BCUT2D eigenvalue weighted by Crippen LogP contribution is -2.22. The molecule has 0 N–H and O–H groups in total. The van der Waals surface area contributed by atoms with Gasteiger partial charge in [0, 0.05) is 18.2 Å². The molecule has 7 heteroatoms. The van der Waals surface area contributed by atoms with Crippen LogP contribution in [0.1, 0.15) is 35.3 Å². The van der Waals surface area contributed by atoms with Crippen LogP contribution in [0.4, 0.5) is 0 Å². The fourth-order valence-corrected chi connectivity index (χ4v) is 3.81. The average molecular weight is 421 g/mol. The van der Waals surface area contributed by atoms with E-state index in [0.29, 0.717) is 11.7 Å². The third-order valence-electron chi connectivity index (χ3n) is 5.49. The SMILES string of the molecule is Cc1nn(Cc2ccccc2)c(Cl)c1CN(C)[C@@H](C)c1ccc(-n2cncn2)cc1. The number of nitrogens with zero attached hydrogens (tertiary/aromatic N) is 6. The van der Waals surface area contributed by atoms with Gasteiger partial charge in [-0.15, -0.1) is 0 Å². The predicted octanol–water partition coefficient (Wildman–Crippen LogP) is 4.67. The van der Waals surface area contributed by atoms with Crippen LogP contribution in [0.25, 0.3) is 5.69 Å². The first-order valence-electron chi connectivity index (χ1n) is 9.94. The van der Waals surface area contributed by atoms with E-state index in [-0.39, 0.29) is 6.04 Å². The molecule has 30 heavy (non-hydrogen) atoms. The molecule has 6 nitrogen and oxygen atoms in total. The van der Waals surface area contributed by atoms with Gasteiger partial charge < -0.3 is 0 Å². The Balaban J connectivity index is 1.47. The van der Waals surface area contributed by atoms with Crippen LogP contribution in [-0.2, 0) is 13.1 Å². The number of rotatable bonds is 7. The number of hydrogen-bond acceptors (Lipinski definition) is 4. The minimum atomic E-state index is 0.225. The van der Waals surface area contributed by atoms with Gasteiger partial charge in [-0.2, -0.15) is 10.2 Å². The van der Waals surface area contributed by atoms with Crippen LogP contribution in [-0.4, -0.2) is 36.5 Å². The summed E-state index contributed by atoms with van der Waals surface area (Å²) in [6.45, 7) is 5.62. The Morgan fingerprint density at radius 1 is 1.07 bits per heavy atom. The zero-order valence-electron chi connectivity index (χ0n) is 17.4. The largest absolute Gasteiger partial charge is 0.295 e. The van der Waals surface area contributed by atoms with E-state index >= 15 is 0 Å². The first kappa shape index (κ1) is 20.3. The van der Waals surface area contributed by atoms with Crippen molar-refractivity contribution in [2.45, 2.75) is 33.0 Å². The van der Waals surface area contributed by atoms with Crippen molar-refractivity contribution >= 4 is 11.6 Å². The third kappa shape index (κ3) is 4.30. The Bertz CT molecular complexity index is 1090. The lowest BCUT2D eigenvalue weighted by atomic mass is 10.1. The number of benzene rings is 2. The van der Waals surface area contributed by atoms with Crippen LogP contribution in [0.2, 0.25) is 5.15 Å². The smallest absolute Gasteiger partial charge is 0.138 e. The number of halogens is 1. The van der Waals surface area contributed by atoms with E-state index < -0.39 is 0 Å². The molecule has 1 atom stereocenters. The monoisotopic (exact) mass is 420 g/mol. The maximum Gasteiger partial charge on any atom is 0.138 e. The summed E-state index contributed by atoms with van der Waals surface area (Å²) in [7, 11) is 2.11. The number of aromatic nitrogens is 5. The van der Waals surface area contributed by atoms with Gasteiger partial charge in [0.1, 0.15) is 17.8 Å². The summed E-state index contributed by atoms with van der Waals surface area (Å²) in [6, 6.07) is 18.9. The molecule has 0 saturated heterocycles. The van der Waals surface area contributed by atoms with Crippen LogP contribution in [0.15, 0.2) is 67.3 Å². The van der Waals surface area contributed by atoms with Crippen LogP contribution < -0.4 is 0 Å². The lowest BCUT2D eigenvalue weighted by molar-refractivity contribution is 0.252. The molecule has 0 aliphatic carbocycles. The molecule has 0 fully saturated rings. The minimum absolute atomic E-state index is 0.225. The summed E-state index contributed by atoms with van der Waals surface area (Å²) in [6.07, 6.45) is 3.23. The third-order valence-corrected chi connectivity index (χ3v) is 5.91. The van der Waals surface area contributed by atoms with E-state index in [2.05, 4.69) is 70.5 Å². The summed E-state index contributed by atoms with van der Waals surface area (Å²) in [5.41, 5.74) is 5.44. The summed E-state index contributed by atoms with van der Waals surface area (Å²) in [5.74, 6) is 0. The molecule has 0 unspecified atom stereocenters. The second-order valence-electron chi connectivity index (χ2n) is 7.52. The fourth-order valence-electron chi connectivity index (χ4n) is 3.52. The van der Waals surface area contributed by atoms with E-state index in [4.69, 9.17) is 11.6 Å². The maximum atomic E-state index is 6.71. The van der Waals surface area contributed by atoms with Gasteiger partial charge in [0.2, 0.25) is 0 Å². The Morgan fingerprint density at radius 2 is 1.80 bits per heavy atom. The van der Waals surface area contributed by atoms with Crippen LogP contribution >= 0.6 is 11.6 Å². The zero-order valence-corrected chi connectivity index (χ0v) is 18.2. The van der Waals surface area contributed by atoms with Crippen molar-refractivity contribution in [1.82, 2.24) is 29.4 Å². The highest BCUT2D eigenvalue weighted by Crippen LogP contribution is 2.27. The quantitative estimate of drug-likeness (QED) is 0.436. The standard InChI is InChI=1S/C23H25ClN6/c1-17-22(23(24)29(27-17)13-19-7-5-4-6-8-19)14-28(3)18(2)20-9-11-21(12-10-20)30-16-25-15-26-30/h4-12,15-16,18H,13-14H2,1-3H3/t18-/m0/s1. The second-order valence-corrected chi connectivity index (χ2v) is 7.88. The van der Waals surface area contributed by atoms with Crippen LogP contribution in [0.5, 0.6) is 0 Å². The van der Waals surface area contributed by atoms with Gasteiger partial charge in [-0.25, -0.2) is 14.3 Å². The first-order chi connectivity index (χ1) is 14.5. The summed E-state index contributed by atoms with van der Waals surface area (Å²) < 4.78 is 3.63. The molecular weight excluding hydrogens is 396 g/mol. The van der Waals surface area contributed by atoms with Gasteiger partial charge >= 0.3 is 0 Å². The number of aryl methyl sites for hydroxylation is 1. The van der Waals surface area contributed by atoms with Crippen molar-refractivity contribution in [3.8, 4) is 5.69 Å². The Labute approximate surface area is 181 Å². The van der Waals surface area contributed by atoms with Gasteiger partial charge in [0.05, 0.1) is 17.9 Å². The van der Waals surface area contributed by atoms with E-state index in [1.807, 2.05) is 29.8 Å². The van der Waals surface area contributed by atoms with Crippen molar-refractivity contribution < 1.29 is 0 Å². The molecule has 0 bridgehead atoms. The summed E-state index contributed by atoms with van der Waals surface area (Å²) in [4.78, 5) is 6.28. The molecule has 0 amide bonds. The molecule has 2 heterocycles. The van der Waals surface area contributed by atoms with Gasteiger partial charge in [-0.05, 0) is 44.2 Å². The summed E-state index contributed by atoms with van der Waals surface area (Å²) in [5, 5.41) is 9.55. The maximum absolute atomic E-state index is 6.71. The van der Waals surface area contributed by atoms with E-state index in [0.717, 1.165) is 23.5 Å². The molecule has 154 valence electrons. The Kier molecular flexibility index (Phi) is 5.97. The predicted molar refractivity (Wildman–Crippen MR) is 119 cm³/mol. The van der Waals surface area contributed by atoms with Crippen molar-refractivity contribution in [2.75, 3.05) is 7.05 Å². The van der Waals surface area contributed by atoms with Crippen molar-refractivity contribution in [3.63, 3.8) is 0 Å². The van der Waals surface area contributed by atoms with Gasteiger partial charge in [-0.1, -0.05) is 54.1 Å². The molecule has 2 aromatic heterocycles. The summed E-state index contributed by atoms with van der Waals surface area (Å²) >= 11 is 6.71. The highest BCUT2D eigenvalue weighted by atomic mass is 35.5. The topological polar surface area (TPSA) is 51.8 Å². The van der Waals surface area contributed by atoms with Crippen LogP contribution in [0.3, 0.4) is 0 Å². The molecule has 0 spiro atoms. The Morgan fingerprint density at radius 3 is 2.47 bits per heavy atom. The second kappa shape index (κ2) is 8.81. The molecule has 4 rings (SSSR count). The van der Waals surface area contributed by atoms with Crippen molar-refractivity contribution in [1.29, 1.82) is 0 Å². The van der Waals surface area contributed by atoms with Gasteiger partial charge in [0.25, 0.3) is 0 Å². The first-order valence-corrected chi connectivity index (χ1v) is 10.3. The molecule has 0 radical (unpaired) electrons. The Hall–Kier alpha value is -2.96. The van der Waals surface area contributed by atoms with E-state index in [1.54, 1.807) is 11.0 Å². The molecule has 2 aromatic carbocycles. The number of hydrogen-bond donors (Lipinski definition) is 0. The molecule has 4 aromatic rings. The van der Waals surface area contributed by atoms with Crippen molar-refractivity contribution in [3.05, 3.63) is 94.8 Å². The lowest BCUT2D eigenvalue weighted by Gasteiger charge is -2.25. The molecule has 0 aliphatic heterocycles. The highest BCUT2D eigenvalue weighted by Gasteiger charge is 2.19. The van der Waals surface area contributed by atoms with Gasteiger partial charge in [-0.3, -0.25) is 4.90 Å². The highest BCUT2D eigenvalue weighted by molar-refractivity contribution is 6.30. The molecular formula is C23H25ClN6. The van der Waals surface area contributed by atoms with E-state index in [9.17, 15) is 0 Å². The minimum Gasteiger partial charge on any atom is -0.295 e. The molecule has 0 aliphatic rings. The van der Waals surface area contributed by atoms with Crippen molar-refractivity contribution in [2.24, 2.45) is 0 Å². The van der Waals surface area contributed by atoms with E-state index in [1.165, 1.54) is 17.5 Å². The molecule has 0 saturated carbocycles. The normalized spacial score (nSPS) is 12.4. The fraction of sp³-hybridized carbons (Fsp3) is 0.261. The van der Waals surface area contributed by atoms with Gasteiger partial charge in [0.15, 0.2) is 0 Å². The average Bonchev–Trinajstić information content (AvgIpc) is 3.39. The van der Waals surface area contributed by atoms with Crippen LogP contribution in [0, 0.1) is 6.92 Å².